The molecular formula is C8H12N2. The first-order valence-electron chi connectivity index (χ1n) is 3.44. The highest BCUT2D eigenvalue weighted by molar-refractivity contribution is 4.96. The Kier molecular flexibility index (Phi) is 2.26. The molecule has 10 heavy (non-hydrogen) atoms. The van der Waals surface area contributed by atoms with Gasteiger partial charge in [-0.2, -0.15) is 5.10 Å². The second kappa shape index (κ2) is 3.20. The van der Waals surface area contributed by atoms with Gasteiger partial charge in [-0.1, -0.05) is 6.08 Å². The average Bonchev–Trinajstić information content (AvgIpc) is 2.31. The summed E-state index contributed by atoms with van der Waals surface area (Å²) in [7, 11) is 0. The van der Waals surface area contributed by atoms with Gasteiger partial charge in [-0.15, -0.1) is 6.58 Å². The van der Waals surface area contributed by atoms with Gasteiger partial charge in [0.05, 0.1) is 0 Å². The molecule has 1 heterocycles. The second-order valence-electron chi connectivity index (χ2n) is 2.27. The van der Waals surface area contributed by atoms with Gasteiger partial charge in [-0.05, 0) is 19.4 Å². The third kappa shape index (κ3) is 1.47. The van der Waals surface area contributed by atoms with Crippen LogP contribution in [0.2, 0.25) is 0 Å². The zero-order chi connectivity index (χ0) is 7.40. The standard InChI is InChI=1S/C8H12N2/c1-3-4-7-10-8(2)5-6-9-10/h3,5-6H,1,4,7H2,2H3. The van der Waals surface area contributed by atoms with E-state index in [-0.39, 0.29) is 0 Å². The maximum absolute atomic E-state index is 4.12. The molecule has 2 heteroatoms. The Morgan fingerprint density at radius 3 is 3.10 bits per heavy atom. The van der Waals surface area contributed by atoms with Gasteiger partial charge in [0.2, 0.25) is 0 Å². The molecule has 0 aromatic carbocycles. The van der Waals surface area contributed by atoms with Gasteiger partial charge in [0, 0.05) is 18.4 Å². The van der Waals surface area contributed by atoms with Crippen LogP contribution in [0.15, 0.2) is 24.9 Å². The third-order valence-electron chi connectivity index (χ3n) is 1.47. The van der Waals surface area contributed by atoms with Crippen molar-refractivity contribution in [1.29, 1.82) is 0 Å². The molecule has 0 spiro atoms. The highest BCUT2D eigenvalue weighted by Gasteiger charge is 1.92. The molecule has 0 unspecified atom stereocenters. The summed E-state index contributed by atoms with van der Waals surface area (Å²) >= 11 is 0. The van der Waals surface area contributed by atoms with Crippen molar-refractivity contribution in [3.63, 3.8) is 0 Å². The minimum absolute atomic E-state index is 0.947. The number of aromatic nitrogens is 2. The van der Waals surface area contributed by atoms with Crippen LogP contribution in [0.4, 0.5) is 0 Å². The molecule has 0 fully saturated rings. The summed E-state index contributed by atoms with van der Waals surface area (Å²) in [4.78, 5) is 0. The number of allylic oxidation sites excluding steroid dienone is 1. The SMILES string of the molecule is C=CCCn1nccc1C. The summed E-state index contributed by atoms with van der Waals surface area (Å²) in [6.45, 7) is 6.65. The van der Waals surface area contributed by atoms with Crippen LogP contribution in [-0.4, -0.2) is 9.78 Å². The zero-order valence-corrected chi connectivity index (χ0v) is 6.25. The minimum Gasteiger partial charge on any atom is -0.270 e. The predicted molar refractivity (Wildman–Crippen MR) is 41.8 cm³/mol. The summed E-state index contributed by atoms with van der Waals surface area (Å²) in [5.74, 6) is 0. The molecule has 54 valence electrons. The van der Waals surface area contributed by atoms with Crippen molar-refractivity contribution < 1.29 is 0 Å². The van der Waals surface area contributed by atoms with Crippen molar-refractivity contribution in [3.8, 4) is 0 Å². The Balaban J connectivity index is 2.56. The molecular weight excluding hydrogens is 124 g/mol. The lowest BCUT2D eigenvalue weighted by atomic mass is 10.4. The number of aryl methyl sites for hydroxylation is 2. The Labute approximate surface area is 61.2 Å². The van der Waals surface area contributed by atoms with E-state index in [0.29, 0.717) is 0 Å². The van der Waals surface area contributed by atoms with Crippen molar-refractivity contribution in [2.24, 2.45) is 0 Å². The number of hydrogen-bond acceptors (Lipinski definition) is 1. The van der Waals surface area contributed by atoms with Gasteiger partial charge in [0.15, 0.2) is 0 Å². The van der Waals surface area contributed by atoms with Crippen LogP contribution < -0.4 is 0 Å². The topological polar surface area (TPSA) is 17.8 Å². The lowest BCUT2D eigenvalue weighted by molar-refractivity contribution is 0.607. The quantitative estimate of drug-likeness (QED) is 0.579. The largest absolute Gasteiger partial charge is 0.270 e. The van der Waals surface area contributed by atoms with Crippen molar-refractivity contribution in [1.82, 2.24) is 9.78 Å². The summed E-state index contributed by atoms with van der Waals surface area (Å²) in [6, 6.07) is 2.00. The molecule has 1 aromatic rings. The molecule has 0 bridgehead atoms. The van der Waals surface area contributed by atoms with E-state index < -0.39 is 0 Å². The first-order chi connectivity index (χ1) is 4.84. The fraction of sp³-hybridized carbons (Fsp3) is 0.375. The molecule has 0 radical (unpaired) electrons. The van der Waals surface area contributed by atoms with Gasteiger partial charge in [0.25, 0.3) is 0 Å². The van der Waals surface area contributed by atoms with Gasteiger partial charge in [-0.25, -0.2) is 0 Å². The maximum atomic E-state index is 4.12. The molecule has 1 aromatic heterocycles. The molecule has 0 N–H and O–H groups in total. The van der Waals surface area contributed by atoms with E-state index in [1.165, 1.54) is 5.69 Å². The van der Waals surface area contributed by atoms with Crippen LogP contribution in [0.3, 0.4) is 0 Å². The normalized spacial score (nSPS) is 9.70. The Morgan fingerprint density at radius 1 is 1.80 bits per heavy atom. The fourth-order valence-electron chi connectivity index (χ4n) is 0.846. The molecule has 0 aliphatic carbocycles. The van der Waals surface area contributed by atoms with Crippen LogP contribution in [0, 0.1) is 6.92 Å². The van der Waals surface area contributed by atoms with Gasteiger partial charge in [-0.3, -0.25) is 4.68 Å². The van der Waals surface area contributed by atoms with Crippen molar-refractivity contribution >= 4 is 0 Å². The van der Waals surface area contributed by atoms with Crippen LogP contribution in [0.1, 0.15) is 12.1 Å². The van der Waals surface area contributed by atoms with Crippen molar-refractivity contribution in [2.45, 2.75) is 19.9 Å². The van der Waals surface area contributed by atoms with Crippen LogP contribution in [0.5, 0.6) is 0 Å². The van der Waals surface area contributed by atoms with E-state index in [2.05, 4.69) is 18.6 Å². The first-order valence-corrected chi connectivity index (χ1v) is 3.44. The van der Waals surface area contributed by atoms with Crippen LogP contribution in [0.25, 0.3) is 0 Å². The van der Waals surface area contributed by atoms with Crippen LogP contribution in [-0.2, 0) is 6.54 Å². The molecule has 0 atom stereocenters. The van der Waals surface area contributed by atoms with Gasteiger partial charge in [0.1, 0.15) is 0 Å². The molecule has 0 saturated carbocycles. The third-order valence-corrected chi connectivity index (χ3v) is 1.47. The van der Waals surface area contributed by atoms with Gasteiger partial charge < -0.3 is 0 Å². The first kappa shape index (κ1) is 7.06. The number of rotatable bonds is 3. The number of hydrogen-bond donors (Lipinski definition) is 0. The fourth-order valence-corrected chi connectivity index (χ4v) is 0.846. The highest BCUT2D eigenvalue weighted by Crippen LogP contribution is 1.96. The molecule has 0 saturated heterocycles. The van der Waals surface area contributed by atoms with Crippen molar-refractivity contribution in [3.05, 3.63) is 30.6 Å². The second-order valence-corrected chi connectivity index (χ2v) is 2.27. The molecule has 1 rings (SSSR count). The Hall–Kier alpha value is -1.05. The highest BCUT2D eigenvalue weighted by atomic mass is 15.3. The minimum atomic E-state index is 0.947. The molecule has 0 aliphatic heterocycles. The average molecular weight is 136 g/mol. The summed E-state index contributed by atoms with van der Waals surface area (Å²) < 4.78 is 1.97. The van der Waals surface area contributed by atoms with Gasteiger partial charge >= 0.3 is 0 Å². The summed E-state index contributed by atoms with van der Waals surface area (Å²) in [5.41, 5.74) is 1.21. The van der Waals surface area contributed by atoms with E-state index in [4.69, 9.17) is 0 Å². The van der Waals surface area contributed by atoms with E-state index in [1.54, 1.807) is 0 Å². The molecule has 0 aliphatic rings. The molecule has 2 nitrogen and oxygen atoms in total. The van der Waals surface area contributed by atoms with Crippen LogP contribution >= 0.6 is 0 Å². The van der Waals surface area contributed by atoms with E-state index in [0.717, 1.165) is 13.0 Å². The smallest absolute Gasteiger partial charge is 0.0492 e. The lowest BCUT2D eigenvalue weighted by Crippen LogP contribution is -2.00. The van der Waals surface area contributed by atoms with E-state index in [9.17, 15) is 0 Å². The summed E-state index contributed by atoms with van der Waals surface area (Å²) in [5, 5.41) is 4.12. The lowest BCUT2D eigenvalue weighted by Gasteiger charge is -1.99. The van der Waals surface area contributed by atoms with E-state index in [1.807, 2.05) is 23.0 Å². The maximum Gasteiger partial charge on any atom is 0.0492 e. The predicted octanol–water partition coefficient (Wildman–Crippen LogP) is 1.77. The Bertz CT molecular complexity index is 213. The van der Waals surface area contributed by atoms with E-state index >= 15 is 0 Å². The summed E-state index contributed by atoms with van der Waals surface area (Å²) in [6.07, 6.45) is 4.71. The zero-order valence-electron chi connectivity index (χ0n) is 6.25. The Morgan fingerprint density at radius 2 is 2.60 bits per heavy atom. The van der Waals surface area contributed by atoms with Crippen molar-refractivity contribution in [2.75, 3.05) is 0 Å². The molecule has 0 amide bonds. The monoisotopic (exact) mass is 136 g/mol. The number of nitrogens with zero attached hydrogens (tertiary/aromatic N) is 2.